The van der Waals surface area contributed by atoms with Crippen LogP contribution >= 0.6 is 0 Å². The zero-order chi connectivity index (χ0) is 10.7. The van der Waals surface area contributed by atoms with Gasteiger partial charge in [0.2, 0.25) is 0 Å². The number of nitriles is 1. The second-order valence-electron chi connectivity index (χ2n) is 3.20. The van der Waals surface area contributed by atoms with Crippen molar-refractivity contribution in [2.24, 2.45) is 0 Å². The molecule has 3 heteroatoms. The summed E-state index contributed by atoms with van der Waals surface area (Å²) in [6, 6.07) is 11.9. The number of nitrogens with zero attached hydrogens (tertiary/aromatic N) is 3. The average molecular weight is 195 g/mol. The number of aryl methyl sites for hydroxylation is 1. The Kier molecular flexibility index (Phi) is 2.42. The molecule has 0 spiro atoms. The first-order valence-corrected chi connectivity index (χ1v) is 4.60. The highest BCUT2D eigenvalue weighted by molar-refractivity contribution is 5.70. The third kappa shape index (κ3) is 1.70. The first kappa shape index (κ1) is 9.35. The highest BCUT2D eigenvalue weighted by Crippen LogP contribution is 2.22. The molecule has 0 aliphatic rings. The topological polar surface area (TPSA) is 49.6 Å². The zero-order valence-electron chi connectivity index (χ0n) is 8.31. The van der Waals surface area contributed by atoms with Crippen molar-refractivity contribution in [3.63, 3.8) is 0 Å². The fourth-order valence-electron chi connectivity index (χ4n) is 1.46. The Bertz CT molecular complexity index is 512. The lowest BCUT2D eigenvalue weighted by Gasteiger charge is -2.04. The van der Waals surface area contributed by atoms with Crippen molar-refractivity contribution in [3.8, 4) is 17.2 Å². The van der Waals surface area contributed by atoms with E-state index in [1.165, 1.54) is 0 Å². The van der Waals surface area contributed by atoms with Crippen LogP contribution in [0.25, 0.3) is 11.1 Å². The minimum atomic E-state index is 0.594. The lowest BCUT2D eigenvalue weighted by atomic mass is 10.0. The second-order valence-corrected chi connectivity index (χ2v) is 3.20. The van der Waals surface area contributed by atoms with Crippen LogP contribution in [0.4, 0.5) is 0 Å². The molecule has 0 aliphatic carbocycles. The van der Waals surface area contributed by atoms with Crippen LogP contribution in [0.3, 0.4) is 0 Å². The van der Waals surface area contributed by atoms with Gasteiger partial charge >= 0.3 is 0 Å². The van der Waals surface area contributed by atoms with Crippen molar-refractivity contribution in [3.05, 3.63) is 47.8 Å². The molecule has 3 nitrogen and oxygen atoms in total. The molecule has 0 amide bonds. The predicted octanol–water partition coefficient (Wildman–Crippen LogP) is 2.32. The van der Waals surface area contributed by atoms with Crippen LogP contribution in [0.1, 0.15) is 11.3 Å². The van der Waals surface area contributed by atoms with Crippen LogP contribution in [0.2, 0.25) is 0 Å². The summed E-state index contributed by atoms with van der Waals surface area (Å²) in [4.78, 5) is 0. The van der Waals surface area contributed by atoms with Gasteiger partial charge in [0.15, 0.2) is 0 Å². The minimum absolute atomic E-state index is 0.594. The van der Waals surface area contributed by atoms with Gasteiger partial charge in [-0.2, -0.15) is 15.5 Å². The van der Waals surface area contributed by atoms with Gasteiger partial charge < -0.3 is 0 Å². The normalized spacial score (nSPS) is 9.60. The first-order chi connectivity index (χ1) is 7.33. The van der Waals surface area contributed by atoms with Gasteiger partial charge in [0.25, 0.3) is 0 Å². The number of rotatable bonds is 1. The number of hydrogen-bond acceptors (Lipinski definition) is 3. The van der Waals surface area contributed by atoms with E-state index >= 15 is 0 Å². The van der Waals surface area contributed by atoms with E-state index in [-0.39, 0.29) is 0 Å². The van der Waals surface area contributed by atoms with Crippen LogP contribution in [0.15, 0.2) is 36.5 Å². The monoisotopic (exact) mass is 195 g/mol. The zero-order valence-corrected chi connectivity index (χ0v) is 8.31. The molecule has 0 N–H and O–H groups in total. The van der Waals surface area contributed by atoms with E-state index in [4.69, 9.17) is 5.26 Å². The molecule has 0 aliphatic heterocycles. The summed E-state index contributed by atoms with van der Waals surface area (Å²) < 4.78 is 0. The fraction of sp³-hybridized carbons (Fsp3) is 0.0833. The smallest absolute Gasteiger partial charge is 0.102 e. The molecule has 2 rings (SSSR count). The van der Waals surface area contributed by atoms with Gasteiger partial charge in [0.05, 0.1) is 17.5 Å². The van der Waals surface area contributed by atoms with E-state index in [0.717, 1.165) is 11.1 Å². The Labute approximate surface area is 88.0 Å². The van der Waals surface area contributed by atoms with Crippen LogP contribution < -0.4 is 0 Å². The van der Waals surface area contributed by atoms with Crippen molar-refractivity contribution in [1.82, 2.24) is 10.2 Å². The summed E-state index contributed by atoms with van der Waals surface area (Å²) >= 11 is 0. The van der Waals surface area contributed by atoms with E-state index in [0.29, 0.717) is 11.3 Å². The molecular weight excluding hydrogens is 186 g/mol. The molecule has 0 saturated heterocycles. The molecule has 0 atom stereocenters. The number of hydrogen-bond donors (Lipinski definition) is 0. The maximum absolute atomic E-state index is 9.04. The Balaban J connectivity index is 2.65. The van der Waals surface area contributed by atoms with Gasteiger partial charge in [-0.05, 0) is 12.5 Å². The Hall–Kier alpha value is -2.21. The van der Waals surface area contributed by atoms with E-state index in [1.807, 2.05) is 30.3 Å². The van der Waals surface area contributed by atoms with Crippen molar-refractivity contribution >= 4 is 0 Å². The molecule has 15 heavy (non-hydrogen) atoms. The molecule has 2 aromatic rings. The fourth-order valence-corrected chi connectivity index (χ4v) is 1.46. The average Bonchev–Trinajstić information content (AvgIpc) is 2.30. The van der Waals surface area contributed by atoms with Gasteiger partial charge in [-0.3, -0.25) is 0 Å². The molecule has 0 saturated carbocycles. The van der Waals surface area contributed by atoms with E-state index < -0.39 is 0 Å². The molecule has 1 aromatic carbocycles. The summed E-state index contributed by atoms with van der Waals surface area (Å²) in [5, 5.41) is 16.8. The van der Waals surface area contributed by atoms with E-state index in [1.54, 1.807) is 13.1 Å². The Morgan fingerprint density at radius 3 is 2.60 bits per heavy atom. The molecular formula is C12H9N3. The van der Waals surface area contributed by atoms with Crippen molar-refractivity contribution in [1.29, 1.82) is 5.26 Å². The third-order valence-corrected chi connectivity index (χ3v) is 2.22. The summed E-state index contributed by atoms with van der Waals surface area (Å²) in [6.45, 7) is 1.79. The number of aromatic nitrogens is 2. The maximum atomic E-state index is 9.04. The van der Waals surface area contributed by atoms with Crippen LogP contribution in [0, 0.1) is 18.3 Å². The lowest BCUT2D eigenvalue weighted by Crippen LogP contribution is -1.94. The summed E-state index contributed by atoms with van der Waals surface area (Å²) in [5.74, 6) is 0. The highest BCUT2D eigenvalue weighted by atomic mass is 15.1. The SMILES string of the molecule is Cc1nncc(-c2ccccc2)c1C#N. The van der Waals surface area contributed by atoms with Crippen LogP contribution in [-0.4, -0.2) is 10.2 Å². The Morgan fingerprint density at radius 1 is 1.20 bits per heavy atom. The molecule has 0 bridgehead atoms. The molecule has 0 unspecified atom stereocenters. The van der Waals surface area contributed by atoms with Gasteiger partial charge in [0, 0.05) is 5.56 Å². The van der Waals surface area contributed by atoms with Gasteiger partial charge in [-0.1, -0.05) is 30.3 Å². The van der Waals surface area contributed by atoms with Gasteiger partial charge in [0.1, 0.15) is 6.07 Å². The van der Waals surface area contributed by atoms with E-state index in [2.05, 4.69) is 16.3 Å². The van der Waals surface area contributed by atoms with Crippen LogP contribution in [0.5, 0.6) is 0 Å². The first-order valence-electron chi connectivity index (χ1n) is 4.60. The van der Waals surface area contributed by atoms with Gasteiger partial charge in [-0.15, -0.1) is 0 Å². The lowest BCUT2D eigenvalue weighted by molar-refractivity contribution is 0.975. The molecule has 1 aromatic heterocycles. The predicted molar refractivity (Wildman–Crippen MR) is 56.9 cm³/mol. The third-order valence-electron chi connectivity index (χ3n) is 2.22. The summed E-state index contributed by atoms with van der Waals surface area (Å²) in [5.41, 5.74) is 3.09. The Morgan fingerprint density at radius 2 is 1.93 bits per heavy atom. The van der Waals surface area contributed by atoms with Crippen molar-refractivity contribution < 1.29 is 0 Å². The molecule has 1 heterocycles. The largest absolute Gasteiger partial charge is 0.192 e. The molecule has 72 valence electrons. The standard InChI is InChI=1S/C12H9N3/c1-9-11(7-13)12(8-14-15-9)10-5-3-2-4-6-10/h2-6,8H,1H3. The van der Waals surface area contributed by atoms with Gasteiger partial charge in [-0.25, -0.2) is 0 Å². The van der Waals surface area contributed by atoms with Crippen LogP contribution in [-0.2, 0) is 0 Å². The molecule has 0 fully saturated rings. The second kappa shape index (κ2) is 3.89. The van der Waals surface area contributed by atoms with Crippen molar-refractivity contribution in [2.75, 3.05) is 0 Å². The molecule has 0 radical (unpaired) electrons. The summed E-state index contributed by atoms with van der Waals surface area (Å²) in [7, 11) is 0. The van der Waals surface area contributed by atoms with E-state index in [9.17, 15) is 0 Å². The highest BCUT2D eigenvalue weighted by Gasteiger charge is 2.08. The maximum Gasteiger partial charge on any atom is 0.102 e. The minimum Gasteiger partial charge on any atom is -0.192 e. The van der Waals surface area contributed by atoms with Crippen molar-refractivity contribution in [2.45, 2.75) is 6.92 Å². The quantitative estimate of drug-likeness (QED) is 0.701. The summed E-state index contributed by atoms with van der Waals surface area (Å²) in [6.07, 6.45) is 1.63. The number of benzene rings is 1.